The van der Waals surface area contributed by atoms with E-state index in [9.17, 15) is 4.79 Å². The SMILES string of the molecule is O=C(CSC1CCCCC1)c1cc2c(cc1Cl)OCO2. The molecule has 1 aromatic carbocycles. The van der Waals surface area contributed by atoms with Gasteiger partial charge in [-0.25, -0.2) is 0 Å². The van der Waals surface area contributed by atoms with E-state index >= 15 is 0 Å². The van der Waals surface area contributed by atoms with Gasteiger partial charge in [-0.05, 0) is 18.9 Å². The van der Waals surface area contributed by atoms with Crippen molar-refractivity contribution in [1.29, 1.82) is 0 Å². The lowest BCUT2D eigenvalue weighted by Gasteiger charge is -2.20. The van der Waals surface area contributed by atoms with E-state index in [4.69, 9.17) is 21.1 Å². The summed E-state index contributed by atoms with van der Waals surface area (Å²) < 4.78 is 10.5. The van der Waals surface area contributed by atoms with Gasteiger partial charge in [0.25, 0.3) is 0 Å². The lowest BCUT2D eigenvalue weighted by Crippen LogP contribution is -2.12. The van der Waals surface area contributed by atoms with E-state index in [-0.39, 0.29) is 12.6 Å². The average molecular weight is 313 g/mol. The molecule has 1 heterocycles. The van der Waals surface area contributed by atoms with Crippen LogP contribution in [0.3, 0.4) is 0 Å². The van der Waals surface area contributed by atoms with Crippen molar-refractivity contribution in [2.45, 2.75) is 37.4 Å². The second-order valence-corrected chi connectivity index (χ2v) is 6.88. The summed E-state index contributed by atoms with van der Waals surface area (Å²) in [5, 5.41) is 1.07. The Labute approximate surface area is 128 Å². The van der Waals surface area contributed by atoms with Crippen molar-refractivity contribution in [1.82, 2.24) is 0 Å². The summed E-state index contributed by atoms with van der Waals surface area (Å²) >= 11 is 7.92. The Bertz CT molecular complexity index is 512. The first kappa shape index (κ1) is 14.1. The quantitative estimate of drug-likeness (QED) is 0.776. The number of rotatable bonds is 4. The van der Waals surface area contributed by atoms with E-state index < -0.39 is 0 Å². The van der Waals surface area contributed by atoms with Gasteiger partial charge in [0.1, 0.15) is 0 Å². The van der Waals surface area contributed by atoms with Crippen LogP contribution in [-0.4, -0.2) is 23.6 Å². The molecule has 0 N–H and O–H groups in total. The van der Waals surface area contributed by atoms with Crippen molar-refractivity contribution in [3.63, 3.8) is 0 Å². The standard InChI is InChI=1S/C15H17ClO3S/c16-12-7-15-14(18-9-19-15)6-11(12)13(17)8-20-10-4-2-1-3-5-10/h6-7,10H,1-5,8-9H2. The van der Waals surface area contributed by atoms with Crippen molar-refractivity contribution in [3.05, 3.63) is 22.7 Å². The molecular weight excluding hydrogens is 296 g/mol. The molecule has 20 heavy (non-hydrogen) atoms. The van der Waals surface area contributed by atoms with Gasteiger partial charge in [-0.2, -0.15) is 11.8 Å². The zero-order valence-electron chi connectivity index (χ0n) is 11.2. The van der Waals surface area contributed by atoms with Gasteiger partial charge in [-0.3, -0.25) is 4.79 Å². The molecule has 0 amide bonds. The normalized spacial score (nSPS) is 18.2. The number of ketones is 1. The van der Waals surface area contributed by atoms with Gasteiger partial charge >= 0.3 is 0 Å². The molecule has 0 unspecified atom stereocenters. The van der Waals surface area contributed by atoms with E-state index in [2.05, 4.69) is 0 Å². The molecule has 0 atom stereocenters. The topological polar surface area (TPSA) is 35.5 Å². The van der Waals surface area contributed by atoms with E-state index in [1.54, 1.807) is 23.9 Å². The minimum Gasteiger partial charge on any atom is -0.454 e. The van der Waals surface area contributed by atoms with Gasteiger partial charge in [-0.15, -0.1) is 0 Å². The van der Waals surface area contributed by atoms with E-state index in [0.717, 1.165) is 0 Å². The maximum atomic E-state index is 12.3. The molecule has 0 spiro atoms. The summed E-state index contributed by atoms with van der Waals surface area (Å²) in [5.41, 5.74) is 0.541. The molecule has 2 aliphatic rings. The molecule has 3 nitrogen and oxygen atoms in total. The minimum absolute atomic E-state index is 0.0730. The van der Waals surface area contributed by atoms with Gasteiger partial charge in [-0.1, -0.05) is 30.9 Å². The summed E-state index contributed by atoms with van der Waals surface area (Å²) in [6, 6.07) is 3.37. The fourth-order valence-corrected chi connectivity index (χ4v) is 4.10. The summed E-state index contributed by atoms with van der Waals surface area (Å²) in [4.78, 5) is 12.3. The monoisotopic (exact) mass is 312 g/mol. The fourth-order valence-electron chi connectivity index (χ4n) is 2.63. The van der Waals surface area contributed by atoms with E-state index in [0.29, 0.717) is 33.1 Å². The average Bonchev–Trinajstić information content (AvgIpc) is 2.92. The maximum Gasteiger partial charge on any atom is 0.231 e. The highest BCUT2D eigenvalue weighted by atomic mass is 35.5. The Hall–Kier alpha value is -0.870. The number of carbonyl (C=O) groups excluding carboxylic acids is 1. The second kappa shape index (κ2) is 6.27. The Morgan fingerprint density at radius 2 is 1.90 bits per heavy atom. The number of hydrogen-bond donors (Lipinski definition) is 0. The molecule has 0 radical (unpaired) electrons. The summed E-state index contributed by atoms with van der Waals surface area (Å²) in [6.45, 7) is 0.195. The molecule has 1 saturated carbocycles. The van der Waals surface area contributed by atoms with Crippen LogP contribution in [-0.2, 0) is 0 Å². The van der Waals surface area contributed by atoms with Gasteiger partial charge in [0.2, 0.25) is 6.79 Å². The third kappa shape index (κ3) is 3.07. The lowest BCUT2D eigenvalue weighted by atomic mass is 10.0. The molecular formula is C15H17ClO3S. The summed E-state index contributed by atoms with van der Waals surface area (Å²) in [7, 11) is 0. The number of fused-ring (bicyclic) bond motifs is 1. The number of halogens is 1. The van der Waals surface area contributed by atoms with Gasteiger partial charge in [0.05, 0.1) is 10.8 Å². The molecule has 1 aromatic rings. The van der Waals surface area contributed by atoms with Crippen LogP contribution in [0.2, 0.25) is 5.02 Å². The highest BCUT2D eigenvalue weighted by molar-refractivity contribution is 8.00. The largest absolute Gasteiger partial charge is 0.454 e. The first-order valence-electron chi connectivity index (χ1n) is 6.98. The van der Waals surface area contributed by atoms with Crippen LogP contribution in [0.4, 0.5) is 0 Å². The zero-order valence-corrected chi connectivity index (χ0v) is 12.8. The summed E-state index contributed by atoms with van der Waals surface area (Å²) in [6.07, 6.45) is 6.37. The molecule has 108 valence electrons. The maximum absolute atomic E-state index is 12.3. The van der Waals surface area contributed by atoms with Gasteiger partial charge in [0.15, 0.2) is 17.3 Å². The molecule has 1 aliphatic heterocycles. The van der Waals surface area contributed by atoms with Crippen LogP contribution < -0.4 is 9.47 Å². The van der Waals surface area contributed by atoms with Crippen LogP contribution in [0.5, 0.6) is 11.5 Å². The van der Waals surface area contributed by atoms with E-state index in [1.807, 2.05) is 0 Å². The molecule has 0 aromatic heterocycles. The predicted molar refractivity (Wildman–Crippen MR) is 81.2 cm³/mol. The van der Waals surface area contributed by atoms with Crippen molar-refractivity contribution in [2.24, 2.45) is 0 Å². The number of carbonyl (C=O) groups is 1. The van der Waals surface area contributed by atoms with Gasteiger partial charge in [0, 0.05) is 16.9 Å². The van der Waals surface area contributed by atoms with Gasteiger partial charge < -0.3 is 9.47 Å². The third-order valence-electron chi connectivity index (χ3n) is 3.76. The fraction of sp³-hybridized carbons (Fsp3) is 0.533. The van der Waals surface area contributed by atoms with Crippen molar-refractivity contribution in [3.8, 4) is 11.5 Å². The van der Waals surface area contributed by atoms with E-state index in [1.165, 1.54) is 32.1 Å². The third-order valence-corrected chi connectivity index (χ3v) is 5.45. The first-order valence-corrected chi connectivity index (χ1v) is 8.40. The molecule has 5 heteroatoms. The number of thioether (sulfide) groups is 1. The molecule has 3 rings (SSSR count). The Morgan fingerprint density at radius 1 is 1.20 bits per heavy atom. The summed E-state index contributed by atoms with van der Waals surface area (Å²) in [5.74, 6) is 1.79. The zero-order chi connectivity index (χ0) is 13.9. The van der Waals surface area contributed by atoms with Crippen molar-refractivity contribution in [2.75, 3.05) is 12.5 Å². The molecule has 0 saturated heterocycles. The van der Waals surface area contributed by atoms with Crippen LogP contribution >= 0.6 is 23.4 Å². The first-order chi connectivity index (χ1) is 9.74. The second-order valence-electron chi connectivity index (χ2n) is 5.18. The Morgan fingerprint density at radius 3 is 2.65 bits per heavy atom. The highest BCUT2D eigenvalue weighted by Crippen LogP contribution is 2.37. The smallest absolute Gasteiger partial charge is 0.231 e. The number of hydrogen-bond acceptors (Lipinski definition) is 4. The molecule has 1 fully saturated rings. The highest BCUT2D eigenvalue weighted by Gasteiger charge is 2.21. The lowest BCUT2D eigenvalue weighted by molar-refractivity contribution is 0.102. The Kier molecular flexibility index (Phi) is 4.41. The predicted octanol–water partition coefficient (Wildman–Crippen LogP) is 4.32. The van der Waals surface area contributed by atoms with Crippen LogP contribution in [0.1, 0.15) is 42.5 Å². The Balaban J connectivity index is 1.64. The molecule has 1 aliphatic carbocycles. The van der Waals surface area contributed by atoms with Crippen molar-refractivity contribution < 1.29 is 14.3 Å². The van der Waals surface area contributed by atoms with Crippen molar-refractivity contribution >= 4 is 29.1 Å². The number of ether oxygens (including phenoxy) is 2. The molecule has 0 bridgehead atoms. The number of Topliss-reactive ketones (excluding diaryl/α,β-unsaturated/α-hetero) is 1. The van der Waals surface area contributed by atoms with Crippen LogP contribution in [0.15, 0.2) is 12.1 Å². The minimum atomic E-state index is 0.0730. The number of benzene rings is 1. The van der Waals surface area contributed by atoms with Crippen LogP contribution in [0.25, 0.3) is 0 Å². The van der Waals surface area contributed by atoms with Crippen LogP contribution in [0, 0.1) is 0 Å².